The van der Waals surface area contributed by atoms with E-state index in [2.05, 4.69) is 0 Å². The molecular formula is C12H15FN2O. The molecule has 0 aromatic heterocycles. The number of carbonyl (C=O) groups excluding carboxylic acids is 1. The van der Waals surface area contributed by atoms with Crippen molar-refractivity contribution in [3.63, 3.8) is 0 Å². The summed E-state index contributed by atoms with van der Waals surface area (Å²) in [6, 6.07) is 5.11. The molecule has 86 valence electrons. The monoisotopic (exact) mass is 222 g/mol. The summed E-state index contributed by atoms with van der Waals surface area (Å²) >= 11 is 0. The number of rotatable bonds is 2. The van der Waals surface area contributed by atoms with Gasteiger partial charge in [-0.25, -0.2) is 4.39 Å². The molecule has 1 atom stereocenters. The highest BCUT2D eigenvalue weighted by atomic mass is 19.1. The topological polar surface area (TPSA) is 46.3 Å². The summed E-state index contributed by atoms with van der Waals surface area (Å²) < 4.78 is 12.7. The third-order valence-electron chi connectivity index (χ3n) is 2.91. The number of halogens is 1. The van der Waals surface area contributed by atoms with Crippen LogP contribution >= 0.6 is 0 Å². The summed E-state index contributed by atoms with van der Waals surface area (Å²) in [6.07, 6.45) is 2.09. The molecule has 4 heteroatoms. The van der Waals surface area contributed by atoms with Crippen LogP contribution in [0.3, 0.4) is 0 Å². The van der Waals surface area contributed by atoms with Gasteiger partial charge in [-0.1, -0.05) is 12.1 Å². The molecule has 0 aliphatic carbocycles. The zero-order valence-corrected chi connectivity index (χ0v) is 9.03. The van der Waals surface area contributed by atoms with E-state index in [9.17, 15) is 9.18 Å². The Morgan fingerprint density at radius 3 is 2.38 bits per heavy atom. The van der Waals surface area contributed by atoms with Gasteiger partial charge in [-0.15, -0.1) is 0 Å². The second-order valence-corrected chi connectivity index (χ2v) is 4.06. The van der Waals surface area contributed by atoms with Crippen LogP contribution in [-0.4, -0.2) is 23.9 Å². The van der Waals surface area contributed by atoms with Crippen molar-refractivity contribution in [2.75, 3.05) is 13.1 Å². The number of nitrogens with two attached hydrogens (primary N) is 1. The van der Waals surface area contributed by atoms with Gasteiger partial charge in [-0.2, -0.15) is 0 Å². The summed E-state index contributed by atoms with van der Waals surface area (Å²) in [7, 11) is 0. The quantitative estimate of drug-likeness (QED) is 0.823. The van der Waals surface area contributed by atoms with Gasteiger partial charge in [0, 0.05) is 13.1 Å². The zero-order chi connectivity index (χ0) is 11.5. The van der Waals surface area contributed by atoms with E-state index in [1.54, 1.807) is 17.0 Å². The molecule has 1 aliphatic heterocycles. The van der Waals surface area contributed by atoms with E-state index in [0.717, 1.165) is 25.9 Å². The van der Waals surface area contributed by atoms with E-state index in [1.165, 1.54) is 12.1 Å². The number of hydrogen-bond acceptors (Lipinski definition) is 2. The van der Waals surface area contributed by atoms with Crippen molar-refractivity contribution in [1.82, 2.24) is 4.90 Å². The molecular weight excluding hydrogens is 207 g/mol. The molecule has 0 saturated carbocycles. The van der Waals surface area contributed by atoms with Crippen molar-refractivity contribution in [3.05, 3.63) is 35.6 Å². The normalized spacial score (nSPS) is 17.5. The summed E-state index contributed by atoms with van der Waals surface area (Å²) in [4.78, 5) is 13.7. The van der Waals surface area contributed by atoms with Gasteiger partial charge in [-0.3, -0.25) is 4.79 Å². The predicted molar refractivity (Wildman–Crippen MR) is 59.1 cm³/mol. The van der Waals surface area contributed by atoms with Crippen LogP contribution in [0, 0.1) is 5.82 Å². The number of nitrogens with zero attached hydrogens (tertiary/aromatic N) is 1. The van der Waals surface area contributed by atoms with Gasteiger partial charge in [0.05, 0.1) is 0 Å². The molecule has 0 bridgehead atoms. The molecule has 0 radical (unpaired) electrons. The molecule has 1 saturated heterocycles. The van der Waals surface area contributed by atoms with Crippen molar-refractivity contribution in [3.8, 4) is 0 Å². The van der Waals surface area contributed by atoms with Crippen LogP contribution < -0.4 is 5.73 Å². The molecule has 16 heavy (non-hydrogen) atoms. The first-order chi connectivity index (χ1) is 7.68. The van der Waals surface area contributed by atoms with Crippen LogP contribution in [0.5, 0.6) is 0 Å². The van der Waals surface area contributed by atoms with Crippen LogP contribution in [0.2, 0.25) is 0 Å². The van der Waals surface area contributed by atoms with Gasteiger partial charge >= 0.3 is 0 Å². The Bertz CT molecular complexity index is 371. The number of likely N-dealkylation sites (tertiary alicyclic amines) is 1. The van der Waals surface area contributed by atoms with E-state index in [1.807, 2.05) is 0 Å². The molecule has 3 nitrogen and oxygen atoms in total. The van der Waals surface area contributed by atoms with Crippen LogP contribution in [0.25, 0.3) is 0 Å². The van der Waals surface area contributed by atoms with Gasteiger partial charge in [0.2, 0.25) is 5.91 Å². The minimum atomic E-state index is -0.668. The number of carbonyl (C=O) groups is 1. The molecule has 2 rings (SSSR count). The smallest absolute Gasteiger partial charge is 0.244 e. The van der Waals surface area contributed by atoms with Gasteiger partial charge in [0.1, 0.15) is 11.9 Å². The number of hydrogen-bond donors (Lipinski definition) is 1. The maximum atomic E-state index is 12.7. The molecule has 1 aliphatic rings. The van der Waals surface area contributed by atoms with E-state index >= 15 is 0 Å². The minimum Gasteiger partial charge on any atom is -0.341 e. The minimum absolute atomic E-state index is 0.0656. The third kappa shape index (κ3) is 2.22. The molecule has 0 spiro atoms. The summed E-state index contributed by atoms with van der Waals surface area (Å²) in [5.74, 6) is -0.381. The molecule has 1 aromatic carbocycles. The average Bonchev–Trinajstić information content (AvgIpc) is 2.81. The maximum Gasteiger partial charge on any atom is 0.244 e. The van der Waals surface area contributed by atoms with Crippen molar-refractivity contribution < 1.29 is 9.18 Å². The van der Waals surface area contributed by atoms with Gasteiger partial charge in [0.25, 0.3) is 0 Å². The lowest BCUT2D eigenvalue weighted by Gasteiger charge is -2.20. The van der Waals surface area contributed by atoms with Crippen molar-refractivity contribution in [2.45, 2.75) is 18.9 Å². The van der Waals surface area contributed by atoms with E-state index < -0.39 is 6.04 Å². The fourth-order valence-corrected chi connectivity index (χ4v) is 1.95. The van der Waals surface area contributed by atoms with Crippen molar-refractivity contribution in [1.29, 1.82) is 0 Å². The van der Waals surface area contributed by atoms with Crippen molar-refractivity contribution >= 4 is 5.91 Å². The van der Waals surface area contributed by atoms with Crippen LogP contribution in [0.4, 0.5) is 4.39 Å². The first-order valence-corrected chi connectivity index (χ1v) is 5.48. The molecule has 1 heterocycles. The molecule has 1 amide bonds. The molecule has 1 fully saturated rings. The Morgan fingerprint density at radius 2 is 1.81 bits per heavy atom. The Balaban J connectivity index is 2.08. The Labute approximate surface area is 94.0 Å². The summed E-state index contributed by atoms with van der Waals surface area (Å²) in [5.41, 5.74) is 6.52. The van der Waals surface area contributed by atoms with Crippen LogP contribution in [0.1, 0.15) is 24.4 Å². The molecule has 1 aromatic rings. The lowest BCUT2D eigenvalue weighted by molar-refractivity contribution is -0.131. The second-order valence-electron chi connectivity index (χ2n) is 4.06. The first kappa shape index (κ1) is 11.1. The van der Waals surface area contributed by atoms with Gasteiger partial charge < -0.3 is 10.6 Å². The highest BCUT2D eigenvalue weighted by Crippen LogP contribution is 2.17. The highest BCUT2D eigenvalue weighted by molar-refractivity contribution is 5.83. The zero-order valence-electron chi connectivity index (χ0n) is 9.03. The van der Waals surface area contributed by atoms with Gasteiger partial charge in [-0.05, 0) is 30.5 Å². The lowest BCUT2D eigenvalue weighted by Crippen LogP contribution is -2.36. The van der Waals surface area contributed by atoms with Crippen LogP contribution in [-0.2, 0) is 4.79 Å². The van der Waals surface area contributed by atoms with E-state index in [0.29, 0.717) is 5.56 Å². The largest absolute Gasteiger partial charge is 0.341 e. The third-order valence-corrected chi connectivity index (χ3v) is 2.91. The molecule has 0 unspecified atom stereocenters. The predicted octanol–water partition coefficient (Wildman–Crippen LogP) is 1.45. The van der Waals surface area contributed by atoms with Gasteiger partial charge in [0.15, 0.2) is 0 Å². The Morgan fingerprint density at radius 1 is 1.25 bits per heavy atom. The van der Waals surface area contributed by atoms with Crippen molar-refractivity contribution in [2.24, 2.45) is 5.73 Å². The fourth-order valence-electron chi connectivity index (χ4n) is 1.95. The standard InChI is InChI=1S/C12H15FN2O/c13-10-5-3-9(4-6-10)11(14)12(16)15-7-1-2-8-15/h3-6,11H,1-2,7-8,14H2/t11-/m1/s1. The maximum absolute atomic E-state index is 12.7. The average molecular weight is 222 g/mol. The fraction of sp³-hybridized carbons (Fsp3) is 0.417. The van der Waals surface area contributed by atoms with Crippen LogP contribution in [0.15, 0.2) is 24.3 Å². The lowest BCUT2D eigenvalue weighted by atomic mass is 10.1. The summed E-state index contributed by atoms with van der Waals surface area (Å²) in [5, 5.41) is 0. The summed E-state index contributed by atoms with van der Waals surface area (Å²) in [6.45, 7) is 1.57. The molecule has 2 N–H and O–H groups in total. The highest BCUT2D eigenvalue weighted by Gasteiger charge is 2.24. The van der Waals surface area contributed by atoms with E-state index in [-0.39, 0.29) is 11.7 Å². The Hall–Kier alpha value is -1.42. The Kier molecular flexibility index (Phi) is 3.19. The number of benzene rings is 1. The van der Waals surface area contributed by atoms with E-state index in [4.69, 9.17) is 5.73 Å². The SMILES string of the molecule is N[C@@H](C(=O)N1CCCC1)c1ccc(F)cc1. The second kappa shape index (κ2) is 4.61. The number of amides is 1. The first-order valence-electron chi connectivity index (χ1n) is 5.48.